The summed E-state index contributed by atoms with van der Waals surface area (Å²) in [5.41, 5.74) is 1.47. The van der Waals surface area contributed by atoms with Crippen molar-refractivity contribution in [2.75, 3.05) is 11.5 Å². The molecule has 0 aliphatic carbocycles. The number of rotatable bonds is 0. The van der Waals surface area contributed by atoms with Gasteiger partial charge in [-0.25, -0.2) is 16.8 Å². The Morgan fingerprint density at radius 2 is 0.792 bits per heavy atom. The summed E-state index contributed by atoms with van der Waals surface area (Å²) in [5.74, 6) is 0.562. The molecule has 2 aliphatic rings. The van der Waals surface area contributed by atoms with Gasteiger partial charge >= 0.3 is 0 Å². The predicted molar refractivity (Wildman–Crippen MR) is 98.4 cm³/mol. The molecule has 24 heavy (non-hydrogen) atoms. The van der Waals surface area contributed by atoms with Crippen LogP contribution in [-0.4, -0.2) is 28.3 Å². The van der Waals surface area contributed by atoms with Gasteiger partial charge in [0.25, 0.3) is 0 Å². The van der Waals surface area contributed by atoms with Crippen molar-refractivity contribution in [1.29, 1.82) is 0 Å². The molecule has 4 nitrogen and oxygen atoms in total. The predicted octanol–water partition coefficient (Wildman–Crippen LogP) is 3.65. The van der Waals surface area contributed by atoms with Crippen LogP contribution in [0.2, 0.25) is 0 Å². The van der Waals surface area contributed by atoms with Crippen LogP contribution in [0.15, 0.2) is 24.3 Å². The number of fused-ring (bicyclic) bond motifs is 15. The van der Waals surface area contributed by atoms with E-state index in [-0.39, 0.29) is 23.0 Å². The summed E-state index contributed by atoms with van der Waals surface area (Å²) < 4.78 is 48.6. The van der Waals surface area contributed by atoms with Crippen LogP contribution in [0.25, 0.3) is 0 Å². The molecular weight excluding hydrogens is 344 g/mol. The van der Waals surface area contributed by atoms with E-state index in [1.807, 2.05) is 0 Å². The minimum atomic E-state index is -3.09. The van der Waals surface area contributed by atoms with Gasteiger partial charge in [-0.05, 0) is 24.0 Å². The normalized spacial score (nSPS) is 23.2. The van der Waals surface area contributed by atoms with Crippen LogP contribution in [-0.2, 0) is 31.2 Å². The Labute approximate surface area is 146 Å². The van der Waals surface area contributed by atoms with E-state index in [0.717, 1.165) is 62.5 Å². The molecule has 136 valence electrons. The summed E-state index contributed by atoms with van der Waals surface area (Å²) in [7, 11) is -6.17. The van der Waals surface area contributed by atoms with E-state index in [1.165, 1.54) is 0 Å². The Morgan fingerprint density at radius 1 is 0.500 bits per heavy atom. The standard InChI is InChI=1S/C18H28O4S2/c19-23(20)13-7-5-3-1-2-4-6-8-14-24(21,22)16-18-11-9-17(15-23)10-12-18/h9-12H,1-8,13-16H2. The average Bonchev–Trinajstić information content (AvgIpc) is 2.50. The number of hydrogen-bond donors (Lipinski definition) is 0. The maximum atomic E-state index is 12.2. The smallest absolute Gasteiger partial charge is 0.154 e. The second-order valence-electron chi connectivity index (χ2n) is 6.83. The summed E-state index contributed by atoms with van der Waals surface area (Å²) in [6.45, 7) is 0. The Balaban J connectivity index is 2.08. The van der Waals surface area contributed by atoms with Crippen LogP contribution in [0, 0.1) is 0 Å². The number of benzene rings is 1. The van der Waals surface area contributed by atoms with Crippen molar-refractivity contribution in [3.8, 4) is 0 Å². The zero-order chi connectivity index (χ0) is 17.5. The quantitative estimate of drug-likeness (QED) is 0.697. The van der Waals surface area contributed by atoms with Crippen molar-refractivity contribution >= 4 is 19.7 Å². The molecule has 2 heterocycles. The van der Waals surface area contributed by atoms with Crippen molar-refractivity contribution < 1.29 is 16.8 Å². The van der Waals surface area contributed by atoms with Gasteiger partial charge in [0, 0.05) is 0 Å². The van der Waals surface area contributed by atoms with Gasteiger partial charge in [-0.3, -0.25) is 0 Å². The zero-order valence-electron chi connectivity index (χ0n) is 14.2. The molecule has 0 saturated carbocycles. The molecule has 2 aliphatic heterocycles. The van der Waals surface area contributed by atoms with Gasteiger partial charge in [0.05, 0.1) is 23.0 Å². The Bertz CT molecular complexity index is 641. The van der Waals surface area contributed by atoms with Crippen molar-refractivity contribution in [3.05, 3.63) is 35.4 Å². The molecule has 0 unspecified atom stereocenters. The second-order valence-corrected chi connectivity index (χ2v) is 11.2. The molecule has 0 N–H and O–H groups in total. The molecule has 6 heteroatoms. The van der Waals surface area contributed by atoms with E-state index in [0.29, 0.717) is 0 Å². The minimum Gasteiger partial charge on any atom is -0.228 e. The Morgan fingerprint density at radius 3 is 1.12 bits per heavy atom. The largest absolute Gasteiger partial charge is 0.228 e. The monoisotopic (exact) mass is 372 g/mol. The molecule has 0 amide bonds. The lowest BCUT2D eigenvalue weighted by molar-refractivity contribution is 0.565. The summed E-state index contributed by atoms with van der Waals surface area (Å²) in [4.78, 5) is 0. The lowest BCUT2D eigenvalue weighted by atomic mass is 10.1. The molecule has 0 atom stereocenters. The SMILES string of the molecule is O=S1(=O)CCCCCCCCCCS(=O)(=O)Cc2ccc(cc2)C1. The first-order valence-corrected chi connectivity index (χ1v) is 12.5. The highest BCUT2D eigenvalue weighted by atomic mass is 32.2. The van der Waals surface area contributed by atoms with E-state index >= 15 is 0 Å². The van der Waals surface area contributed by atoms with Gasteiger partial charge in [0.1, 0.15) is 0 Å². The third-order valence-corrected chi connectivity index (χ3v) is 7.82. The minimum absolute atomic E-state index is 0.0417. The third-order valence-electron chi connectivity index (χ3n) is 4.46. The fourth-order valence-corrected chi connectivity index (χ4v) is 6.07. The van der Waals surface area contributed by atoms with Gasteiger partial charge in [-0.2, -0.15) is 0 Å². The van der Waals surface area contributed by atoms with E-state index in [2.05, 4.69) is 0 Å². The van der Waals surface area contributed by atoms with Crippen molar-refractivity contribution in [2.45, 2.75) is 62.9 Å². The van der Waals surface area contributed by atoms with E-state index in [1.54, 1.807) is 24.3 Å². The number of hydrogen-bond acceptors (Lipinski definition) is 4. The molecule has 2 bridgehead atoms. The third kappa shape index (κ3) is 7.34. The van der Waals surface area contributed by atoms with Crippen molar-refractivity contribution in [2.24, 2.45) is 0 Å². The first kappa shape index (κ1) is 19.4. The summed E-state index contributed by atoms with van der Waals surface area (Å²) in [5, 5.41) is 0. The molecule has 1 aromatic carbocycles. The summed E-state index contributed by atoms with van der Waals surface area (Å²) in [6, 6.07) is 6.97. The van der Waals surface area contributed by atoms with Crippen LogP contribution in [0.4, 0.5) is 0 Å². The molecule has 0 fully saturated rings. The summed E-state index contributed by atoms with van der Waals surface area (Å²) in [6.07, 6.45) is 7.70. The van der Waals surface area contributed by atoms with Crippen LogP contribution in [0.3, 0.4) is 0 Å². The van der Waals surface area contributed by atoms with E-state index in [9.17, 15) is 16.8 Å². The Kier molecular flexibility index (Phi) is 7.29. The van der Waals surface area contributed by atoms with Crippen LogP contribution < -0.4 is 0 Å². The highest BCUT2D eigenvalue weighted by Crippen LogP contribution is 2.16. The molecular formula is C18H28O4S2. The fraction of sp³-hybridized carbons (Fsp3) is 0.667. The topological polar surface area (TPSA) is 68.3 Å². The highest BCUT2D eigenvalue weighted by Gasteiger charge is 2.14. The molecule has 3 rings (SSSR count). The lowest BCUT2D eigenvalue weighted by Crippen LogP contribution is -2.11. The molecule has 0 spiro atoms. The average molecular weight is 373 g/mol. The van der Waals surface area contributed by atoms with Gasteiger partial charge in [-0.15, -0.1) is 0 Å². The maximum absolute atomic E-state index is 12.2. The number of sulfone groups is 2. The zero-order valence-corrected chi connectivity index (χ0v) is 15.9. The first-order valence-electron chi connectivity index (χ1n) is 8.85. The van der Waals surface area contributed by atoms with Crippen molar-refractivity contribution in [1.82, 2.24) is 0 Å². The fourth-order valence-electron chi connectivity index (χ4n) is 3.09. The van der Waals surface area contributed by atoms with Crippen LogP contribution >= 0.6 is 0 Å². The lowest BCUT2D eigenvalue weighted by Gasteiger charge is -2.08. The van der Waals surface area contributed by atoms with Crippen LogP contribution in [0.1, 0.15) is 62.5 Å². The van der Waals surface area contributed by atoms with Gasteiger partial charge in [-0.1, -0.05) is 62.8 Å². The maximum Gasteiger partial charge on any atom is 0.154 e. The molecule has 0 saturated heterocycles. The van der Waals surface area contributed by atoms with Gasteiger partial charge in [0.2, 0.25) is 0 Å². The molecule has 0 radical (unpaired) electrons. The van der Waals surface area contributed by atoms with Gasteiger partial charge < -0.3 is 0 Å². The highest BCUT2D eigenvalue weighted by molar-refractivity contribution is 7.90. The summed E-state index contributed by atoms with van der Waals surface area (Å²) >= 11 is 0. The Hall–Kier alpha value is -0.880. The van der Waals surface area contributed by atoms with Gasteiger partial charge in [0.15, 0.2) is 19.7 Å². The first-order chi connectivity index (χ1) is 11.4. The molecule has 0 aromatic heterocycles. The van der Waals surface area contributed by atoms with E-state index < -0.39 is 19.7 Å². The van der Waals surface area contributed by atoms with Crippen LogP contribution in [0.5, 0.6) is 0 Å². The molecule has 1 aromatic rings. The second kappa shape index (κ2) is 8.99. The van der Waals surface area contributed by atoms with Crippen molar-refractivity contribution in [3.63, 3.8) is 0 Å². The van der Waals surface area contributed by atoms with E-state index in [4.69, 9.17) is 0 Å².